The van der Waals surface area contributed by atoms with Crippen LogP contribution in [-0.4, -0.2) is 34.9 Å². The molecular weight excluding hydrogens is 663 g/mol. The number of carbonyl (C=O) groups is 1. The monoisotopic (exact) mass is 760 g/mol. The number of hydrogen-bond donors (Lipinski definition) is 3. The van der Waals surface area contributed by atoms with Crippen molar-refractivity contribution in [1.29, 1.82) is 0 Å². The van der Waals surface area contributed by atoms with Crippen molar-refractivity contribution < 1.29 is 15.0 Å². The van der Waals surface area contributed by atoms with E-state index in [1.165, 1.54) is 225 Å². The second-order valence-corrected chi connectivity index (χ2v) is 16.9. The minimum absolute atomic E-state index is 0.0649. The van der Waals surface area contributed by atoms with Gasteiger partial charge in [-0.15, -0.1) is 0 Å². The van der Waals surface area contributed by atoms with Crippen LogP contribution in [0.5, 0.6) is 0 Å². The lowest BCUT2D eigenvalue weighted by molar-refractivity contribution is -0.123. The van der Waals surface area contributed by atoms with E-state index in [4.69, 9.17) is 0 Å². The van der Waals surface area contributed by atoms with Gasteiger partial charge in [-0.3, -0.25) is 4.79 Å². The van der Waals surface area contributed by atoms with E-state index in [0.29, 0.717) is 6.42 Å². The van der Waals surface area contributed by atoms with Crippen LogP contribution in [0.1, 0.15) is 271 Å². The minimum Gasteiger partial charge on any atom is -0.394 e. The van der Waals surface area contributed by atoms with Crippen LogP contribution in [0.2, 0.25) is 0 Å². The molecule has 1 amide bonds. The molecule has 2 atom stereocenters. The molecule has 0 spiro atoms. The molecule has 0 saturated heterocycles. The number of allylic oxidation sites excluding steroid dienone is 3. The Hall–Kier alpha value is -1.13. The molecule has 0 aromatic carbocycles. The smallest absolute Gasteiger partial charge is 0.220 e. The van der Waals surface area contributed by atoms with Crippen LogP contribution in [-0.2, 0) is 4.79 Å². The Labute approximate surface area is 339 Å². The van der Waals surface area contributed by atoms with Gasteiger partial charge in [-0.25, -0.2) is 0 Å². The van der Waals surface area contributed by atoms with Gasteiger partial charge in [0.05, 0.1) is 18.8 Å². The lowest BCUT2D eigenvalue weighted by atomic mass is 10.0. The number of unbranched alkanes of at least 4 members (excludes halogenated alkanes) is 36. The lowest BCUT2D eigenvalue weighted by Crippen LogP contribution is -2.45. The maximum Gasteiger partial charge on any atom is 0.220 e. The van der Waals surface area contributed by atoms with E-state index in [1.807, 2.05) is 6.08 Å². The number of amides is 1. The van der Waals surface area contributed by atoms with Gasteiger partial charge in [0.15, 0.2) is 0 Å². The molecule has 320 valence electrons. The van der Waals surface area contributed by atoms with Gasteiger partial charge in [0.1, 0.15) is 0 Å². The van der Waals surface area contributed by atoms with Crippen molar-refractivity contribution in [3.05, 3.63) is 24.3 Å². The van der Waals surface area contributed by atoms with Crippen molar-refractivity contribution in [3.63, 3.8) is 0 Å². The highest BCUT2D eigenvalue weighted by atomic mass is 16.3. The predicted octanol–water partition coefficient (Wildman–Crippen LogP) is 15.6. The van der Waals surface area contributed by atoms with Crippen molar-refractivity contribution in [2.24, 2.45) is 0 Å². The summed E-state index contributed by atoms with van der Waals surface area (Å²) >= 11 is 0. The topological polar surface area (TPSA) is 69.6 Å². The molecule has 0 rings (SSSR count). The second kappa shape index (κ2) is 46.3. The largest absolute Gasteiger partial charge is 0.394 e. The summed E-state index contributed by atoms with van der Waals surface area (Å²) in [5, 5.41) is 23.1. The molecule has 0 aliphatic carbocycles. The van der Waals surface area contributed by atoms with Crippen molar-refractivity contribution in [3.8, 4) is 0 Å². The summed E-state index contributed by atoms with van der Waals surface area (Å²) in [4.78, 5) is 12.4. The van der Waals surface area contributed by atoms with E-state index in [-0.39, 0.29) is 12.5 Å². The zero-order valence-corrected chi connectivity index (χ0v) is 36.8. The fraction of sp³-hybridized carbons (Fsp3) is 0.900. The van der Waals surface area contributed by atoms with E-state index in [0.717, 1.165) is 25.7 Å². The van der Waals surface area contributed by atoms with Crippen molar-refractivity contribution in [1.82, 2.24) is 5.32 Å². The summed E-state index contributed by atoms with van der Waals surface area (Å²) in [6.45, 7) is 4.33. The fourth-order valence-corrected chi connectivity index (χ4v) is 7.65. The van der Waals surface area contributed by atoms with Gasteiger partial charge in [0, 0.05) is 6.42 Å². The Kier molecular flexibility index (Phi) is 45.3. The maximum absolute atomic E-state index is 12.4. The Morgan fingerprint density at radius 3 is 1.02 bits per heavy atom. The van der Waals surface area contributed by atoms with E-state index in [9.17, 15) is 15.0 Å². The SMILES string of the molecule is CCCCCCCCCCCC/C=C\CCCCCCCCCC(=O)NC(CO)C(O)/C=C/CCCCCCCCCCCCCCCCCCCCC. The number of aliphatic hydroxyl groups excluding tert-OH is 2. The van der Waals surface area contributed by atoms with Crippen LogP contribution in [0.4, 0.5) is 0 Å². The predicted molar refractivity (Wildman–Crippen MR) is 239 cm³/mol. The van der Waals surface area contributed by atoms with Crippen LogP contribution in [0.15, 0.2) is 24.3 Å². The first-order valence-electron chi connectivity index (χ1n) is 24.6. The molecule has 0 aromatic heterocycles. The Morgan fingerprint density at radius 1 is 0.426 bits per heavy atom. The van der Waals surface area contributed by atoms with Gasteiger partial charge < -0.3 is 15.5 Å². The van der Waals surface area contributed by atoms with Crippen LogP contribution < -0.4 is 5.32 Å². The first kappa shape index (κ1) is 52.9. The molecular formula is C50H97NO3. The first-order valence-corrected chi connectivity index (χ1v) is 24.6. The third-order valence-electron chi connectivity index (χ3n) is 11.4. The molecule has 3 N–H and O–H groups in total. The highest BCUT2D eigenvalue weighted by Crippen LogP contribution is 2.16. The van der Waals surface area contributed by atoms with Gasteiger partial charge in [-0.1, -0.05) is 244 Å². The zero-order chi connectivity index (χ0) is 39.3. The van der Waals surface area contributed by atoms with E-state index < -0.39 is 12.1 Å². The normalized spacial score (nSPS) is 13.0. The maximum atomic E-state index is 12.4. The van der Waals surface area contributed by atoms with Gasteiger partial charge in [0.25, 0.3) is 0 Å². The Bertz CT molecular complexity index is 780. The average Bonchev–Trinajstić information content (AvgIpc) is 3.18. The van der Waals surface area contributed by atoms with Crippen molar-refractivity contribution >= 4 is 5.91 Å². The minimum atomic E-state index is -0.839. The molecule has 0 bridgehead atoms. The third kappa shape index (κ3) is 42.0. The van der Waals surface area contributed by atoms with Crippen LogP contribution in [0, 0.1) is 0 Å². The number of hydrogen-bond acceptors (Lipinski definition) is 3. The molecule has 0 aromatic rings. The molecule has 54 heavy (non-hydrogen) atoms. The Balaban J connectivity index is 3.53. The quantitative estimate of drug-likeness (QED) is 0.0428. The van der Waals surface area contributed by atoms with Crippen molar-refractivity contribution in [2.75, 3.05) is 6.61 Å². The molecule has 0 saturated carbocycles. The summed E-state index contributed by atoms with van der Waals surface area (Å²) in [7, 11) is 0. The molecule has 0 radical (unpaired) electrons. The van der Waals surface area contributed by atoms with Gasteiger partial charge >= 0.3 is 0 Å². The highest BCUT2D eigenvalue weighted by Gasteiger charge is 2.18. The summed E-state index contributed by atoms with van der Waals surface area (Å²) < 4.78 is 0. The summed E-state index contributed by atoms with van der Waals surface area (Å²) in [5.41, 5.74) is 0. The van der Waals surface area contributed by atoms with Gasteiger partial charge in [0.2, 0.25) is 5.91 Å². The standard InChI is InChI=1S/C50H97NO3/c1-3-5-7-9-11-13-15-17-19-21-23-25-27-29-31-33-35-37-39-41-43-45-49(53)48(47-52)51-50(54)46-44-42-40-38-36-34-32-30-28-26-24-22-20-18-16-14-12-10-8-6-4-2/h26,28,43,45,48-49,52-53H,3-25,27,29-42,44,46-47H2,1-2H3,(H,51,54)/b28-26-,45-43+. The third-order valence-corrected chi connectivity index (χ3v) is 11.4. The van der Waals surface area contributed by atoms with E-state index >= 15 is 0 Å². The molecule has 0 fully saturated rings. The van der Waals surface area contributed by atoms with Crippen LogP contribution in [0.3, 0.4) is 0 Å². The summed E-state index contributed by atoms with van der Waals surface area (Å²) in [6.07, 6.45) is 60.2. The number of carbonyl (C=O) groups excluding carboxylic acids is 1. The molecule has 2 unspecified atom stereocenters. The number of aliphatic hydroxyl groups is 2. The van der Waals surface area contributed by atoms with Crippen LogP contribution >= 0.6 is 0 Å². The second-order valence-electron chi connectivity index (χ2n) is 16.9. The fourth-order valence-electron chi connectivity index (χ4n) is 7.65. The average molecular weight is 760 g/mol. The molecule has 0 heterocycles. The molecule has 4 heteroatoms. The van der Waals surface area contributed by atoms with E-state index in [1.54, 1.807) is 6.08 Å². The number of rotatable bonds is 45. The van der Waals surface area contributed by atoms with Crippen molar-refractivity contribution in [2.45, 2.75) is 283 Å². The highest BCUT2D eigenvalue weighted by molar-refractivity contribution is 5.76. The van der Waals surface area contributed by atoms with Gasteiger partial charge in [-0.05, 0) is 44.9 Å². The molecule has 4 nitrogen and oxygen atoms in total. The first-order chi connectivity index (χ1) is 26.7. The Morgan fingerprint density at radius 2 is 0.704 bits per heavy atom. The summed E-state index contributed by atoms with van der Waals surface area (Å²) in [5.74, 6) is -0.0649. The summed E-state index contributed by atoms with van der Waals surface area (Å²) in [6, 6.07) is -0.622. The zero-order valence-electron chi connectivity index (χ0n) is 36.8. The number of nitrogens with one attached hydrogen (secondary N) is 1. The van der Waals surface area contributed by atoms with Crippen LogP contribution in [0.25, 0.3) is 0 Å². The molecule has 0 aliphatic rings. The lowest BCUT2D eigenvalue weighted by Gasteiger charge is -2.20. The van der Waals surface area contributed by atoms with Gasteiger partial charge in [-0.2, -0.15) is 0 Å². The van der Waals surface area contributed by atoms with E-state index in [2.05, 4.69) is 31.3 Å². The molecule has 0 aliphatic heterocycles.